The topological polar surface area (TPSA) is 115 Å². The zero-order valence-corrected chi connectivity index (χ0v) is 20.0. The molecule has 4 aromatic rings. The molecular formula is C25H24N6O3S. The molecule has 0 aliphatic rings. The van der Waals surface area contributed by atoms with Crippen LogP contribution in [0.5, 0.6) is 0 Å². The third-order valence-corrected chi connectivity index (χ3v) is 6.20. The highest BCUT2D eigenvalue weighted by atomic mass is 32.2. The number of hydrogen-bond acceptors (Lipinski definition) is 6. The van der Waals surface area contributed by atoms with Gasteiger partial charge >= 0.3 is 6.03 Å². The highest BCUT2D eigenvalue weighted by molar-refractivity contribution is 7.98. The summed E-state index contributed by atoms with van der Waals surface area (Å²) in [6, 6.07) is 22.8. The average molecular weight is 489 g/mol. The smallest absolute Gasteiger partial charge is 0.319 e. The molecule has 3 aromatic carbocycles. The molecule has 1 unspecified atom stereocenters. The van der Waals surface area contributed by atoms with Gasteiger partial charge in [0.05, 0.1) is 11.0 Å². The standard InChI is InChI=1S/C25H24N6O3S/c1-17-7-6-10-20(15-17)27-24(32)26-18(2)23-28-29-25(35-16-19-8-4-3-5-9-19)30(23)21-11-13-22(14-12-21)31(33)34/h3-15,18H,16H2,1-2H3,(H2,26,27,32). The fourth-order valence-corrected chi connectivity index (χ4v) is 4.41. The molecular weight excluding hydrogens is 464 g/mol. The summed E-state index contributed by atoms with van der Waals surface area (Å²) >= 11 is 1.49. The number of rotatable bonds is 8. The number of nitro benzene ring substituents is 1. The summed E-state index contributed by atoms with van der Waals surface area (Å²) in [4.78, 5) is 23.3. The summed E-state index contributed by atoms with van der Waals surface area (Å²) in [5, 5.41) is 26.2. The first-order valence-electron chi connectivity index (χ1n) is 10.9. The number of anilines is 1. The molecule has 35 heavy (non-hydrogen) atoms. The van der Waals surface area contributed by atoms with Gasteiger partial charge in [0.2, 0.25) is 0 Å². The Hall–Kier alpha value is -4.18. The van der Waals surface area contributed by atoms with E-state index >= 15 is 0 Å². The van der Waals surface area contributed by atoms with Gasteiger partial charge in [-0.1, -0.05) is 54.2 Å². The van der Waals surface area contributed by atoms with Crippen molar-refractivity contribution in [1.29, 1.82) is 0 Å². The van der Waals surface area contributed by atoms with Crippen LogP contribution in [-0.4, -0.2) is 25.7 Å². The maximum Gasteiger partial charge on any atom is 0.319 e. The van der Waals surface area contributed by atoms with Crippen molar-refractivity contribution in [2.24, 2.45) is 0 Å². The fourth-order valence-electron chi connectivity index (χ4n) is 3.49. The number of urea groups is 1. The number of nitrogens with zero attached hydrogens (tertiary/aromatic N) is 4. The number of aromatic nitrogens is 3. The van der Waals surface area contributed by atoms with Crippen LogP contribution in [-0.2, 0) is 5.75 Å². The van der Waals surface area contributed by atoms with E-state index in [9.17, 15) is 14.9 Å². The molecule has 0 bridgehead atoms. The van der Waals surface area contributed by atoms with Crippen LogP contribution < -0.4 is 10.6 Å². The molecule has 0 aliphatic carbocycles. The SMILES string of the molecule is Cc1cccc(NC(=O)NC(C)c2nnc(SCc3ccccc3)n2-c2ccc([N+](=O)[O-])cc2)c1. The number of nitrogens with one attached hydrogen (secondary N) is 2. The average Bonchev–Trinajstić information content (AvgIpc) is 3.27. The molecule has 0 saturated heterocycles. The minimum atomic E-state index is -0.492. The van der Waals surface area contributed by atoms with Gasteiger partial charge in [-0.05, 0) is 49.2 Å². The Bertz CT molecular complexity index is 1320. The van der Waals surface area contributed by atoms with Gasteiger partial charge in [-0.25, -0.2) is 4.79 Å². The number of carbonyl (C=O) groups excluding carboxylic acids is 1. The molecule has 0 saturated carbocycles. The van der Waals surface area contributed by atoms with E-state index in [0.717, 1.165) is 11.1 Å². The van der Waals surface area contributed by atoms with Crippen LogP contribution in [0, 0.1) is 17.0 Å². The Kier molecular flexibility index (Phi) is 7.41. The largest absolute Gasteiger partial charge is 0.328 e. The first kappa shape index (κ1) is 24.0. The van der Waals surface area contributed by atoms with Gasteiger partial charge in [0.1, 0.15) is 0 Å². The highest BCUT2D eigenvalue weighted by Gasteiger charge is 2.22. The lowest BCUT2D eigenvalue weighted by Gasteiger charge is -2.17. The van der Waals surface area contributed by atoms with Gasteiger partial charge in [0.25, 0.3) is 5.69 Å². The van der Waals surface area contributed by atoms with E-state index in [4.69, 9.17) is 0 Å². The van der Waals surface area contributed by atoms with Crippen molar-refractivity contribution in [2.75, 3.05) is 5.32 Å². The summed E-state index contributed by atoms with van der Waals surface area (Å²) in [6.07, 6.45) is 0. The predicted octanol–water partition coefficient (Wildman–Crippen LogP) is 5.66. The molecule has 10 heteroatoms. The van der Waals surface area contributed by atoms with Gasteiger partial charge in [0, 0.05) is 29.3 Å². The third-order valence-electron chi connectivity index (χ3n) is 5.20. The first-order valence-corrected chi connectivity index (χ1v) is 11.9. The number of thioether (sulfide) groups is 1. The monoisotopic (exact) mass is 488 g/mol. The van der Waals surface area contributed by atoms with Crippen molar-refractivity contribution in [1.82, 2.24) is 20.1 Å². The van der Waals surface area contributed by atoms with Crippen LogP contribution in [0.3, 0.4) is 0 Å². The van der Waals surface area contributed by atoms with Crippen molar-refractivity contribution in [2.45, 2.75) is 30.8 Å². The molecule has 0 fully saturated rings. The van der Waals surface area contributed by atoms with Gasteiger partial charge < -0.3 is 10.6 Å². The van der Waals surface area contributed by atoms with Crippen molar-refractivity contribution in [3.8, 4) is 5.69 Å². The number of hydrogen-bond donors (Lipinski definition) is 2. The molecule has 2 amide bonds. The number of nitro groups is 1. The second kappa shape index (κ2) is 10.8. The molecule has 178 valence electrons. The fraction of sp³-hybridized carbons (Fsp3) is 0.160. The normalized spacial score (nSPS) is 11.6. The maximum absolute atomic E-state index is 12.6. The zero-order chi connectivity index (χ0) is 24.8. The van der Waals surface area contributed by atoms with Gasteiger partial charge in [-0.2, -0.15) is 0 Å². The molecule has 1 heterocycles. The minimum Gasteiger partial charge on any atom is -0.328 e. The summed E-state index contributed by atoms with van der Waals surface area (Å²) in [5.74, 6) is 1.18. The second-order valence-electron chi connectivity index (χ2n) is 7.91. The summed E-state index contributed by atoms with van der Waals surface area (Å²) in [5.41, 5.74) is 3.50. The van der Waals surface area contributed by atoms with E-state index in [1.165, 1.54) is 23.9 Å². The molecule has 0 spiro atoms. The lowest BCUT2D eigenvalue weighted by molar-refractivity contribution is -0.384. The number of carbonyl (C=O) groups is 1. The molecule has 4 rings (SSSR count). The third kappa shape index (κ3) is 6.04. The van der Waals surface area contributed by atoms with E-state index in [1.54, 1.807) is 12.1 Å². The predicted molar refractivity (Wildman–Crippen MR) is 136 cm³/mol. The zero-order valence-electron chi connectivity index (χ0n) is 19.2. The van der Waals surface area contributed by atoms with Crippen molar-refractivity contribution in [3.63, 3.8) is 0 Å². The Labute approximate surface area is 206 Å². The molecule has 1 aromatic heterocycles. The molecule has 0 aliphatic heterocycles. The van der Waals surface area contributed by atoms with E-state index in [2.05, 4.69) is 20.8 Å². The Balaban J connectivity index is 1.59. The Morgan fingerprint density at radius 1 is 1.06 bits per heavy atom. The lowest BCUT2D eigenvalue weighted by Crippen LogP contribution is -2.32. The molecule has 9 nitrogen and oxygen atoms in total. The highest BCUT2D eigenvalue weighted by Crippen LogP contribution is 2.28. The van der Waals surface area contributed by atoms with Crippen molar-refractivity contribution in [3.05, 3.63) is 106 Å². The van der Waals surface area contributed by atoms with Crippen LogP contribution in [0.1, 0.15) is 29.9 Å². The second-order valence-corrected chi connectivity index (χ2v) is 8.86. The Morgan fingerprint density at radius 2 is 1.80 bits per heavy atom. The van der Waals surface area contributed by atoms with Crippen LogP contribution in [0.2, 0.25) is 0 Å². The molecule has 2 N–H and O–H groups in total. The van der Waals surface area contributed by atoms with E-state index in [0.29, 0.717) is 28.1 Å². The van der Waals surface area contributed by atoms with Crippen molar-refractivity contribution < 1.29 is 9.72 Å². The van der Waals surface area contributed by atoms with Gasteiger partial charge in [0.15, 0.2) is 11.0 Å². The summed E-state index contributed by atoms with van der Waals surface area (Å²) in [7, 11) is 0. The maximum atomic E-state index is 12.6. The number of non-ortho nitro benzene ring substituents is 1. The van der Waals surface area contributed by atoms with Crippen LogP contribution in [0.15, 0.2) is 84.0 Å². The Morgan fingerprint density at radius 3 is 2.49 bits per heavy atom. The van der Waals surface area contributed by atoms with Crippen LogP contribution in [0.4, 0.5) is 16.2 Å². The lowest BCUT2D eigenvalue weighted by atomic mass is 10.2. The number of amides is 2. The van der Waals surface area contributed by atoms with Gasteiger partial charge in [-0.15, -0.1) is 10.2 Å². The van der Waals surface area contributed by atoms with Crippen LogP contribution >= 0.6 is 11.8 Å². The van der Waals surface area contributed by atoms with E-state index in [-0.39, 0.29) is 11.7 Å². The first-order chi connectivity index (χ1) is 16.9. The molecule has 0 radical (unpaired) electrons. The quantitative estimate of drug-likeness (QED) is 0.188. The van der Waals surface area contributed by atoms with Crippen LogP contribution in [0.25, 0.3) is 5.69 Å². The summed E-state index contributed by atoms with van der Waals surface area (Å²) in [6.45, 7) is 3.76. The minimum absolute atomic E-state index is 0.00873. The molecule has 1 atom stereocenters. The van der Waals surface area contributed by atoms with E-state index in [1.807, 2.05) is 73.0 Å². The van der Waals surface area contributed by atoms with Gasteiger partial charge in [-0.3, -0.25) is 14.7 Å². The summed E-state index contributed by atoms with van der Waals surface area (Å²) < 4.78 is 1.81. The number of benzene rings is 3. The van der Waals surface area contributed by atoms with E-state index < -0.39 is 11.0 Å². The van der Waals surface area contributed by atoms with Crippen molar-refractivity contribution >= 4 is 29.2 Å². The number of aryl methyl sites for hydroxylation is 1.